The van der Waals surface area contributed by atoms with Crippen LogP contribution in [0.15, 0.2) is 0 Å². The first-order valence-corrected chi connectivity index (χ1v) is 6.82. The first-order chi connectivity index (χ1) is 7.84. The molecule has 0 bridgehead atoms. The number of morpholine rings is 1. The molecule has 2 unspecified atom stereocenters. The third kappa shape index (κ3) is 1.97. The van der Waals surface area contributed by atoms with Gasteiger partial charge in [-0.05, 0) is 19.3 Å². The molecule has 88 valence electrons. The fourth-order valence-corrected chi connectivity index (χ4v) is 3.30. The van der Waals surface area contributed by atoms with Gasteiger partial charge in [0, 0.05) is 30.7 Å². The third-order valence-electron chi connectivity index (χ3n) is 3.46. The maximum atomic E-state index is 6.04. The number of rotatable bonds is 2. The Labute approximate surface area is 104 Å². The van der Waals surface area contributed by atoms with Crippen LogP contribution >= 0.6 is 23.1 Å². The summed E-state index contributed by atoms with van der Waals surface area (Å²) in [5.41, 5.74) is 0.916. The molecule has 0 amide bonds. The van der Waals surface area contributed by atoms with Crippen LogP contribution in [0.5, 0.6) is 0 Å². The van der Waals surface area contributed by atoms with Crippen molar-refractivity contribution in [1.82, 2.24) is 14.5 Å². The SMILES string of the molecule is Clc1snnc1CN1CCOC2CCCC21. The van der Waals surface area contributed by atoms with Crippen LogP contribution in [0.3, 0.4) is 0 Å². The van der Waals surface area contributed by atoms with Crippen LogP contribution in [0, 0.1) is 0 Å². The van der Waals surface area contributed by atoms with Gasteiger partial charge in [0.1, 0.15) is 10.0 Å². The third-order valence-corrected chi connectivity index (χ3v) is 4.44. The van der Waals surface area contributed by atoms with Crippen molar-refractivity contribution >= 4 is 23.1 Å². The maximum Gasteiger partial charge on any atom is 0.138 e. The molecule has 1 aromatic heterocycles. The van der Waals surface area contributed by atoms with Gasteiger partial charge in [0.2, 0.25) is 0 Å². The van der Waals surface area contributed by atoms with Crippen molar-refractivity contribution < 1.29 is 4.74 Å². The largest absolute Gasteiger partial charge is 0.375 e. The Hall–Kier alpha value is -0.230. The Morgan fingerprint density at radius 2 is 2.44 bits per heavy atom. The van der Waals surface area contributed by atoms with Crippen LogP contribution in [0.25, 0.3) is 0 Å². The Bertz CT molecular complexity index is 373. The van der Waals surface area contributed by atoms with E-state index in [2.05, 4.69) is 14.5 Å². The number of hydrogen-bond acceptors (Lipinski definition) is 5. The van der Waals surface area contributed by atoms with Crippen molar-refractivity contribution in [2.45, 2.75) is 38.0 Å². The molecule has 1 aliphatic carbocycles. The van der Waals surface area contributed by atoms with Gasteiger partial charge < -0.3 is 4.74 Å². The van der Waals surface area contributed by atoms with Gasteiger partial charge in [0.05, 0.1) is 12.7 Å². The number of nitrogens with zero attached hydrogens (tertiary/aromatic N) is 3. The zero-order chi connectivity index (χ0) is 11.0. The summed E-state index contributed by atoms with van der Waals surface area (Å²) in [5.74, 6) is 0. The van der Waals surface area contributed by atoms with Crippen molar-refractivity contribution in [1.29, 1.82) is 0 Å². The zero-order valence-electron chi connectivity index (χ0n) is 8.93. The van der Waals surface area contributed by atoms with Crippen molar-refractivity contribution in [3.05, 3.63) is 10.0 Å². The minimum Gasteiger partial charge on any atom is -0.375 e. The molecule has 2 fully saturated rings. The van der Waals surface area contributed by atoms with E-state index in [1.807, 2.05) is 0 Å². The number of ether oxygens (including phenoxy) is 1. The van der Waals surface area contributed by atoms with Crippen LogP contribution in [0.2, 0.25) is 4.34 Å². The van der Waals surface area contributed by atoms with E-state index in [4.69, 9.17) is 16.3 Å². The lowest BCUT2D eigenvalue weighted by atomic mass is 10.1. The highest BCUT2D eigenvalue weighted by Crippen LogP contribution is 2.31. The van der Waals surface area contributed by atoms with Gasteiger partial charge in [-0.2, -0.15) is 0 Å². The molecule has 1 aliphatic heterocycles. The minimum absolute atomic E-state index is 0.430. The second kappa shape index (κ2) is 4.56. The smallest absolute Gasteiger partial charge is 0.138 e. The lowest BCUT2D eigenvalue weighted by Crippen LogP contribution is -2.47. The maximum absolute atomic E-state index is 6.04. The average molecular weight is 260 g/mol. The number of halogens is 1. The highest BCUT2D eigenvalue weighted by Gasteiger charge is 2.36. The summed E-state index contributed by atoms with van der Waals surface area (Å²) < 4.78 is 10.4. The van der Waals surface area contributed by atoms with Gasteiger partial charge in [-0.15, -0.1) is 5.10 Å². The predicted molar refractivity (Wildman–Crippen MR) is 62.7 cm³/mol. The van der Waals surface area contributed by atoms with Crippen molar-refractivity contribution in [3.63, 3.8) is 0 Å². The van der Waals surface area contributed by atoms with E-state index in [0.29, 0.717) is 12.1 Å². The second-order valence-corrected chi connectivity index (χ2v) is 5.73. The summed E-state index contributed by atoms with van der Waals surface area (Å²) in [6, 6.07) is 0.562. The van der Waals surface area contributed by atoms with Crippen LogP contribution in [-0.2, 0) is 11.3 Å². The second-order valence-electron chi connectivity index (χ2n) is 4.37. The van der Waals surface area contributed by atoms with E-state index in [1.54, 1.807) is 0 Å². The summed E-state index contributed by atoms with van der Waals surface area (Å²) >= 11 is 7.30. The van der Waals surface area contributed by atoms with Gasteiger partial charge in [-0.25, -0.2) is 0 Å². The van der Waals surface area contributed by atoms with E-state index < -0.39 is 0 Å². The first-order valence-electron chi connectivity index (χ1n) is 5.67. The van der Waals surface area contributed by atoms with Gasteiger partial charge in [-0.1, -0.05) is 16.1 Å². The summed E-state index contributed by atoms with van der Waals surface area (Å²) in [4.78, 5) is 2.45. The van der Waals surface area contributed by atoms with E-state index in [1.165, 1.54) is 30.8 Å². The first kappa shape index (κ1) is 10.9. The average Bonchev–Trinajstić information content (AvgIpc) is 2.89. The van der Waals surface area contributed by atoms with Crippen LogP contribution in [0.1, 0.15) is 25.0 Å². The standard InChI is InChI=1S/C10H14ClN3OS/c11-10-7(12-13-16-10)6-14-4-5-15-9-3-1-2-8(9)14/h8-9H,1-6H2. The molecule has 0 radical (unpaired) electrons. The fraction of sp³-hybridized carbons (Fsp3) is 0.800. The monoisotopic (exact) mass is 259 g/mol. The molecule has 0 N–H and O–H groups in total. The minimum atomic E-state index is 0.430. The molecule has 2 aliphatic rings. The van der Waals surface area contributed by atoms with Gasteiger partial charge in [0.25, 0.3) is 0 Å². The molecule has 3 rings (SSSR count). The molecular weight excluding hydrogens is 246 g/mol. The molecule has 2 heterocycles. The number of fused-ring (bicyclic) bond motifs is 1. The zero-order valence-corrected chi connectivity index (χ0v) is 10.5. The molecule has 1 saturated heterocycles. The summed E-state index contributed by atoms with van der Waals surface area (Å²) in [6.45, 7) is 2.63. The molecule has 4 nitrogen and oxygen atoms in total. The number of hydrogen-bond donors (Lipinski definition) is 0. The van der Waals surface area contributed by atoms with E-state index in [-0.39, 0.29) is 0 Å². The lowest BCUT2D eigenvalue weighted by Gasteiger charge is -2.37. The number of aromatic nitrogens is 2. The van der Waals surface area contributed by atoms with Crippen molar-refractivity contribution in [3.8, 4) is 0 Å². The van der Waals surface area contributed by atoms with E-state index >= 15 is 0 Å². The highest BCUT2D eigenvalue weighted by molar-refractivity contribution is 7.10. The molecule has 0 aromatic carbocycles. The lowest BCUT2D eigenvalue weighted by molar-refractivity contribution is -0.0591. The van der Waals surface area contributed by atoms with Gasteiger partial charge in [0.15, 0.2) is 0 Å². The molecule has 0 spiro atoms. The van der Waals surface area contributed by atoms with Crippen LogP contribution < -0.4 is 0 Å². The molecular formula is C10H14ClN3OS. The van der Waals surface area contributed by atoms with E-state index in [0.717, 1.165) is 29.7 Å². The molecule has 2 atom stereocenters. The van der Waals surface area contributed by atoms with E-state index in [9.17, 15) is 0 Å². The topological polar surface area (TPSA) is 38.2 Å². The fourth-order valence-electron chi connectivity index (χ4n) is 2.69. The van der Waals surface area contributed by atoms with Crippen LogP contribution in [0.4, 0.5) is 0 Å². The quantitative estimate of drug-likeness (QED) is 0.814. The van der Waals surface area contributed by atoms with Crippen LogP contribution in [-0.4, -0.2) is 39.8 Å². The summed E-state index contributed by atoms with van der Waals surface area (Å²) in [7, 11) is 0. The normalized spacial score (nSPS) is 30.6. The Balaban J connectivity index is 1.72. The van der Waals surface area contributed by atoms with Gasteiger partial charge >= 0.3 is 0 Å². The van der Waals surface area contributed by atoms with Gasteiger partial charge in [-0.3, -0.25) is 4.90 Å². The molecule has 16 heavy (non-hydrogen) atoms. The van der Waals surface area contributed by atoms with Crippen molar-refractivity contribution in [2.24, 2.45) is 0 Å². The highest BCUT2D eigenvalue weighted by atomic mass is 35.5. The Morgan fingerprint density at radius 3 is 3.25 bits per heavy atom. The molecule has 1 saturated carbocycles. The van der Waals surface area contributed by atoms with Crippen molar-refractivity contribution in [2.75, 3.05) is 13.2 Å². The summed E-state index contributed by atoms with van der Waals surface area (Å²) in [6.07, 6.45) is 4.14. The molecule has 1 aromatic rings. The molecule has 6 heteroatoms. The summed E-state index contributed by atoms with van der Waals surface area (Å²) in [5, 5.41) is 4.08. The Kier molecular flexibility index (Phi) is 3.11. The predicted octanol–water partition coefficient (Wildman–Crippen LogP) is 1.94. The Morgan fingerprint density at radius 1 is 1.50 bits per heavy atom.